The molecule has 0 saturated carbocycles. The molecule has 0 aliphatic heterocycles. The first-order valence-electron chi connectivity index (χ1n) is 5.25. The largest absolute Gasteiger partial charge is 0.467 e. The first-order chi connectivity index (χ1) is 7.34. The van der Waals surface area contributed by atoms with Crippen molar-refractivity contribution in [3.63, 3.8) is 0 Å². The monoisotopic (exact) mass is 213 g/mol. The van der Waals surface area contributed by atoms with Crippen LogP contribution in [0.15, 0.2) is 22.8 Å². The molecular weight excluding hydrogens is 194 g/mol. The molecule has 0 amide bonds. The quantitative estimate of drug-likeness (QED) is 0.640. The molecular formula is C11H19NO3. The molecule has 2 N–H and O–H groups in total. The predicted molar refractivity (Wildman–Crippen MR) is 57.6 cm³/mol. The van der Waals surface area contributed by atoms with E-state index in [2.05, 4.69) is 5.32 Å². The standard InChI is InChI=1S/C11H19NO3/c1-14-7-3-2-6-12-9-10(13)11-5-4-8-15-11/h4-5,8,10,12-13H,2-3,6-7,9H2,1H3. The minimum absolute atomic E-state index is 0.528. The molecule has 0 aliphatic rings. The highest BCUT2D eigenvalue weighted by molar-refractivity contribution is 5.01. The van der Waals surface area contributed by atoms with Crippen LogP contribution < -0.4 is 5.32 Å². The molecule has 1 unspecified atom stereocenters. The molecule has 0 radical (unpaired) electrons. The minimum Gasteiger partial charge on any atom is -0.467 e. The lowest BCUT2D eigenvalue weighted by atomic mass is 10.2. The third kappa shape index (κ3) is 4.97. The van der Waals surface area contributed by atoms with Crippen molar-refractivity contribution in [2.45, 2.75) is 18.9 Å². The first-order valence-corrected chi connectivity index (χ1v) is 5.25. The van der Waals surface area contributed by atoms with E-state index in [0.29, 0.717) is 12.3 Å². The maximum Gasteiger partial charge on any atom is 0.133 e. The molecule has 4 nitrogen and oxygen atoms in total. The summed E-state index contributed by atoms with van der Waals surface area (Å²) in [6.45, 7) is 2.21. The molecule has 1 heterocycles. The van der Waals surface area contributed by atoms with Gasteiger partial charge in [-0.1, -0.05) is 0 Å². The Kier molecular flexibility index (Phi) is 6.08. The van der Waals surface area contributed by atoms with Gasteiger partial charge in [-0.3, -0.25) is 0 Å². The van der Waals surface area contributed by atoms with Crippen LogP contribution in [0, 0.1) is 0 Å². The van der Waals surface area contributed by atoms with Crippen molar-refractivity contribution in [2.24, 2.45) is 0 Å². The smallest absolute Gasteiger partial charge is 0.133 e. The summed E-state index contributed by atoms with van der Waals surface area (Å²) in [6.07, 6.45) is 3.11. The number of rotatable bonds is 8. The minimum atomic E-state index is -0.553. The van der Waals surface area contributed by atoms with Crippen LogP contribution in [0.1, 0.15) is 24.7 Å². The zero-order valence-corrected chi connectivity index (χ0v) is 9.11. The highest BCUT2D eigenvalue weighted by Crippen LogP contribution is 2.11. The van der Waals surface area contributed by atoms with Gasteiger partial charge in [0.25, 0.3) is 0 Å². The average Bonchev–Trinajstić information content (AvgIpc) is 2.76. The summed E-state index contributed by atoms with van der Waals surface area (Å²) < 4.78 is 10.0. The first kappa shape index (κ1) is 12.2. The molecule has 0 aromatic carbocycles. The van der Waals surface area contributed by atoms with Crippen LogP contribution >= 0.6 is 0 Å². The molecule has 0 aliphatic carbocycles. The SMILES string of the molecule is COCCCCNCC(O)c1ccco1. The van der Waals surface area contributed by atoms with E-state index in [1.807, 2.05) is 0 Å². The van der Waals surface area contributed by atoms with E-state index in [1.165, 1.54) is 0 Å². The normalized spacial score (nSPS) is 12.9. The van der Waals surface area contributed by atoms with Crippen molar-refractivity contribution in [2.75, 3.05) is 26.8 Å². The molecule has 0 saturated heterocycles. The molecule has 1 rings (SSSR count). The van der Waals surface area contributed by atoms with Crippen molar-refractivity contribution < 1.29 is 14.3 Å². The zero-order valence-electron chi connectivity index (χ0n) is 9.11. The number of furan rings is 1. The summed E-state index contributed by atoms with van der Waals surface area (Å²) in [5.74, 6) is 0.611. The Balaban J connectivity index is 2.00. The lowest BCUT2D eigenvalue weighted by molar-refractivity contribution is 0.146. The fourth-order valence-electron chi connectivity index (χ4n) is 1.32. The van der Waals surface area contributed by atoms with E-state index >= 15 is 0 Å². The van der Waals surface area contributed by atoms with E-state index in [0.717, 1.165) is 26.0 Å². The number of ether oxygens (including phenoxy) is 1. The van der Waals surface area contributed by atoms with Gasteiger partial charge in [0.1, 0.15) is 11.9 Å². The lowest BCUT2D eigenvalue weighted by Crippen LogP contribution is -2.22. The third-order valence-corrected chi connectivity index (χ3v) is 2.16. The summed E-state index contributed by atoms with van der Waals surface area (Å²) >= 11 is 0. The van der Waals surface area contributed by atoms with Crippen molar-refractivity contribution in [1.29, 1.82) is 0 Å². The number of unbranched alkanes of at least 4 members (excludes halogenated alkanes) is 1. The summed E-state index contributed by atoms with van der Waals surface area (Å²) in [5, 5.41) is 12.8. The fourth-order valence-corrected chi connectivity index (χ4v) is 1.32. The number of hydrogen-bond donors (Lipinski definition) is 2. The summed E-state index contributed by atoms with van der Waals surface area (Å²) in [7, 11) is 1.70. The van der Waals surface area contributed by atoms with Crippen LogP contribution in [-0.2, 0) is 4.74 Å². The van der Waals surface area contributed by atoms with Gasteiger partial charge in [-0.25, -0.2) is 0 Å². The van der Waals surface area contributed by atoms with Crippen LogP contribution in [0.4, 0.5) is 0 Å². The van der Waals surface area contributed by atoms with Crippen LogP contribution in [0.25, 0.3) is 0 Å². The van der Waals surface area contributed by atoms with Gasteiger partial charge in [0, 0.05) is 20.3 Å². The van der Waals surface area contributed by atoms with Gasteiger partial charge in [-0.15, -0.1) is 0 Å². The second kappa shape index (κ2) is 7.45. The molecule has 0 bridgehead atoms. The van der Waals surface area contributed by atoms with E-state index in [-0.39, 0.29) is 0 Å². The van der Waals surface area contributed by atoms with Crippen LogP contribution in [0.5, 0.6) is 0 Å². The van der Waals surface area contributed by atoms with Gasteiger partial charge >= 0.3 is 0 Å². The molecule has 86 valence electrons. The van der Waals surface area contributed by atoms with E-state index in [9.17, 15) is 5.11 Å². The third-order valence-electron chi connectivity index (χ3n) is 2.16. The second-order valence-corrected chi connectivity index (χ2v) is 3.44. The molecule has 1 aromatic heterocycles. The Morgan fingerprint density at radius 1 is 1.53 bits per heavy atom. The summed E-state index contributed by atoms with van der Waals surface area (Å²) in [6, 6.07) is 3.55. The second-order valence-electron chi connectivity index (χ2n) is 3.44. The number of methoxy groups -OCH3 is 1. The maximum atomic E-state index is 9.63. The van der Waals surface area contributed by atoms with Crippen molar-refractivity contribution >= 4 is 0 Å². The highest BCUT2D eigenvalue weighted by atomic mass is 16.5. The summed E-state index contributed by atoms with van der Waals surface area (Å²) in [5.41, 5.74) is 0. The van der Waals surface area contributed by atoms with Crippen LogP contribution in [-0.4, -0.2) is 31.9 Å². The molecule has 1 aromatic rings. The Morgan fingerprint density at radius 3 is 3.07 bits per heavy atom. The zero-order chi connectivity index (χ0) is 10.9. The van der Waals surface area contributed by atoms with Gasteiger partial charge in [0.05, 0.1) is 6.26 Å². The highest BCUT2D eigenvalue weighted by Gasteiger charge is 2.08. The van der Waals surface area contributed by atoms with Crippen molar-refractivity contribution in [3.05, 3.63) is 24.2 Å². The summed E-state index contributed by atoms with van der Waals surface area (Å²) in [4.78, 5) is 0. The number of aliphatic hydroxyl groups is 1. The average molecular weight is 213 g/mol. The van der Waals surface area contributed by atoms with Gasteiger partial charge in [-0.2, -0.15) is 0 Å². The number of hydrogen-bond acceptors (Lipinski definition) is 4. The molecule has 0 fully saturated rings. The predicted octanol–water partition coefficient (Wildman–Crippen LogP) is 1.33. The van der Waals surface area contributed by atoms with Crippen LogP contribution in [0.2, 0.25) is 0 Å². The Labute approximate surface area is 90.2 Å². The Hall–Kier alpha value is -0.840. The maximum absolute atomic E-state index is 9.63. The van der Waals surface area contributed by atoms with Gasteiger partial charge in [0.2, 0.25) is 0 Å². The van der Waals surface area contributed by atoms with E-state index in [4.69, 9.17) is 9.15 Å². The number of aliphatic hydroxyl groups excluding tert-OH is 1. The van der Waals surface area contributed by atoms with Crippen molar-refractivity contribution in [1.82, 2.24) is 5.32 Å². The van der Waals surface area contributed by atoms with Gasteiger partial charge in [0.15, 0.2) is 0 Å². The van der Waals surface area contributed by atoms with E-state index in [1.54, 1.807) is 25.5 Å². The molecule has 0 spiro atoms. The fraction of sp³-hybridized carbons (Fsp3) is 0.636. The topological polar surface area (TPSA) is 54.6 Å². The van der Waals surface area contributed by atoms with E-state index < -0.39 is 6.10 Å². The van der Waals surface area contributed by atoms with Crippen molar-refractivity contribution in [3.8, 4) is 0 Å². The Morgan fingerprint density at radius 2 is 2.40 bits per heavy atom. The Bertz CT molecular complexity index is 236. The molecule has 4 heteroatoms. The van der Waals surface area contributed by atoms with Gasteiger partial charge < -0.3 is 19.6 Å². The molecule has 1 atom stereocenters. The number of nitrogens with one attached hydrogen (secondary N) is 1. The van der Waals surface area contributed by atoms with Crippen LogP contribution in [0.3, 0.4) is 0 Å². The lowest BCUT2D eigenvalue weighted by Gasteiger charge is -2.08. The van der Waals surface area contributed by atoms with Gasteiger partial charge in [-0.05, 0) is 31.5 Å². The molecule has 15 heavy (non-hydrogen) atoms.